The fourth-order valence-corrected chi connectivity index (χ4v) is 1.94. The quantitative estimate of drug-likeness (QED) is 0.755. The van der Waals surface area contributed by atoms with E-state index >= 15 is 0 Å². The molecule has 0 aliphatic heterocycles. The van der Waals surface area contributed by atoms with Gasteiger partial charge in [0.2, 0.25) is 0 Å². The molecule has 1 saturated carbocycles. The maximum Gasteiger partial charge on any atom is 0.315 e. The van der Waals surface area contributed by atoms with E-state index in [1.165, 1.54) is 12.1 Å². The number of amides is 2. The Morgan fingerprint density at radius 3 is 2.63 bits per heavy atom. The zero-order chi connectivity index (χ0) is 13.8. The van der Waals surface area contributed by atoms with Gasteiger partial charge in [-0.3, -0.25) is 4.79 Å². The number of hydrogen-bond donors (Lipinski definition) is 3. The molecule has 2 rings (SSSR count). The third kappa shape index (κ3) is 3.94. The van der Waals surface area contributed by atoms with E-state index in [-0.39, 0.29) is 36.8 Å². The topological polar surface area (TPSA) is 78.4 Å². The largest absolute Gasteiger partial charge is 0.481 e. The van der Waals surface area contributed by atoms with Gasteiger partial charge in [0.25, 0.3) is 0 Å². The van der Waals surface area contributed by atoms with E-state index in [9.17, 15) is 14.0 Å². The Balaban J connectivity index is 1.73. The maximum atomic E-state index is 12.8. The van der Waals surface area contributed by atoms with Crippen molar-refractivity contribution < 1.29 is 19.1 Å². The molecule has 0 radical (unpaired) electrons. The van der Waals surface area contributed by atoms with Crippen molar-refractivity contribution in [3.63, 3.8) is 0 Å². The SMILES string of the molecule is O=C(O)CCNC(=O)N[C@@H]1C[C@H]1c1ccc(F)cc1. The van der Waals surface area contributed by atoms with Crippen LogP contribution in [-0.4, -0.2) is 29.7 Å². The minimum absolute atomic E-state index is 0.0373. The number of nitrogens with one attached hydrogen (secondary N) is 2. The van der Waals surface area contributed by atoms with Crippen molar-refractivity contribution in [2.45, 2.75) is 24.8 Å². The summed E-state index contributed by atoms with van der Waals surface area (Å²) < 4.78 is 12.8. The number of halogens is 1. The van der Waals surface area contributed by atoms with Crippen LogP contribution in [0, 0.1) is 5.82 Å². The van der Waals surface area contributed by atoms with Crippen molar-refractivity contribution in [3.8, 4) is 0 Å². The van der Waals surface area contributed by atoms with E-state index in [0.717, 1.165) is 12.0 Å². The van der Waals surface area contributed by atoms with Crippen LogP contribution in [0.3, 0.4) is 0 Å². The average molecular weight is 266 g/mol. The molecule has 1 aliphatic carbocycles. The molecule has 0 heterocycles. The number of rotatable bonds is 5. The van der Waals surface area contributed by atoms with Gasteiger partial charge in [-0.25, -0.2) is 9.18 Å². The molecule has 1 aromatic rings. The fraction of sp³-hybridized carbons (Fsp3) is 0.385. The highest BCUT2D eigenvalue weighted by molar-refractivity contribution is 5.75. The van der Waals surface area contributed by atoms with Crippen LogP contribution in [0.15, 0.2) is 24.3 Å². The summed E-state index contributed by atoms with van der Waals surface area (Å²) in [5, 5.41) is 13.7. The molecule has 0 unspecified atom stereocenters. The van der Waals surface area contributed by atoms with Crippen molar-refractivity contribution >= 4 is 12.0 Å². The number of hydrogen-bond acceptors (Lipinski definition) is 2. The van der Waals surface area contributed by atoms with Crippen LogP contribution in [0.2, 0.25) is 0 Å². The molecule has 0 saturated heterocycles. The number of carboxylic acid groups (broad SMARTS) is 1. The normalized spacial score (nSPS) is 20.7. The van der Waals surface area contributed by atoms with Crippen LogP contribution in [0.1, 0.15) is 24.3 Å². The predicted octanol–water partition coefficient (Wildman–Crippen LogP) is 1.46. The average Bonchev–Trinajstić information content (AvgIpc) is 3.08. The molecule has 0 aromatic heterocycles. The highest BCUT2D eigenvalue weighted by Crippen LogP contribution is 2.40. The molecular weight excluding hydrogens is 251 g/mol. The summed E-state index contributed by atoms with van der Waals surface area (Å²) >= 11 is 0. The standard InChI is InChI=1S/C13H15FN2O3/c14-9-3-1-8(2-4-9)10-7-11(10)16-13(19)15-6-5-12(17)18/h1-4,10-11H,5-7H2,(H,17,18)(H2,15,16,19)/t10-,11+/m0/s1. The summed E-state index contributed by atoms with van der Waals surface area (Å²) in [6.07, 6.45) is 0.720. The van der Waals surface area contributed by atoms with E-state index < -0.39 is 5.97 Å². The van der Waals surface area contributed by atoms with Gasteiger partial charge in [-0.2, -0.15) is 0 Å². The van der Waals surface area contributed by atoms with Crippen LogP contribution < -0.4 is 10.6 Å². The summed E-state index contributed by atoms with van der Waals surface area (Å²) in [5.74, 6) is -1.01. The van der Waals surface area contributed by atoms with Crippen molar-refractivity contribution in [2.75, 3.05) is 6.54 Å². The number of carboxylic acids is 1. The third-order valence-electron chi connectivity index (χ3n) is 3.03. The first-order valence-electron chi connectivity index (χ1n) is 6.08. The lowest BCUT2D eigenvalue weighted by Gasteiger charge is -2.06. The van der Waals surface area contributed by atoms with Gasteiger partial charge < -0.3 is 15.7 Å². The molecule has 19 heavy (non-hydrogen) atoms. The van der Waals surface area contributed by atoms with Crippen LogP contribution in [0.4, 0.5) is 9.18 Å². The first kappa shape index (κ1) is 13.3. The molecule has 3 N–H and O–H groups in total. The number of carbonyl (C=O) groups excluding carboxylic acids is 1. The zero-order valence-corrected chi connectivity index (χ0v) is 10.2. The van der Waals surface area contributed by atoms with E-state index in [1.807, 2.05) is 0 Å². The van der Waals surface area contributed by atoms with Crippen molar-refractivity contribution in [1.29, 1.82) is 0 Å². The molecule has 1 aliphatic rings. The van der Waals surface area contributed by atoms with Crippen molar-refractivity contribution in [1.82, 2.24) is 10.6 Å². The van der Waals surface area contributed by atoms with E-state index in [1.54, 1.807) is 12.1 Å². The number of benzene rings is 1. The Morgan fingerprint density at radius 1 is 1.32 bits per heavy atom. The number of aliphatic carboxylic acids is 1. The van der Waals surface area contributed by atoms with Crippen LogP contribution in [0.25, 0.3) is 0 Å². The Morgan fingerprint density at radius 2 is 2.00 bits per heavy atom. The molecule has 6 heteroatoms. The minimum atomic E-state index is -0.948. The molecule has 1 fully saturated rings. The third-order valence-corrected chi connectivity index (χ3v) is 3.03. The van der Waals surface area contributed by atoms with Crippen LogP contribution in [-0.2, 0) is 4.79 Å². The lowest BCUT2D eigenvalue weighted by Crippen LogP contribution is -2.38. The Labute approximate surface area is 109 Å². The Hall–Kier alpha value is -2.11. The van der Waals surface area contributed by atoms with Gasteiger partial charge in [-0.15, -0.1) is 0 Å². The Kier molecular flexibility index (Phi) is 3.99. The predicted molar refractivity (Wildman–Crippen MR) is 66.3 cm³/mol. The highest BCUT2D eigenvalue weighted by Gasteiger charge is 2.39. The van der Waals surface area contributed by atoms with E-state index in [0.29, 0.717) is 0 Å². The number of carbonyl (C=O) groups is 2. The molecular formula is C13H15FN2O3. The molecule has 2 atom stereocenters. The van der Waals surface area contributed by atoms with Crippen LogP contribution >= 0.6 is 0 Å². The van der Waals surface area contributed by atoms with Gasteiger partial charge in [0.15, 0.2) is 0 Å². The van der Waals surface area contributed by atoms with Gasteiger partial charge in [-0.05, 0) is 24.1 Å². The van der Waals surface area contributed by atoms with Crippen molar-refractivity contribution in [2.24, 2.45) is 0 Å². The fourth-order valence-electron chi connectivity index (χ4n) is 1.94. The highest BCUT2D eigenvalue weighted by atomic mass is 19.1. The second kappa shape index (κ2) is 5.69. The van der Waals surface area contributed by atoms with E-state index in [2.05, 4.69) is 10.6 Å². The van der Waals surface area contributed by atoms with Crippen LogP contribution in [0.5, 0.6) is 0 Å². The second-order valence-electron chi connectivity index (χ2n) is 4.54. The first-order chi connectivity index (χ1) is 9.06. The zero-order valence-electron chi connectivity index (χ0n) is 10.2. The Bertz CT molecular complexity index is 475. The van der Waals surface area contributed by atoms with Crippen molar-refractivity contribution in [3.05, 3.63) is 35.6 Å². The lowest BCUT2D eigenvalue weighted by molar-refractivity contribution is -0.136. The number of urea groups is 1. The maximum absolute atomic E-state index is 12.8. The van der Waals surface area contributed by atoms with Gasteiger partial charge in [0.1, 0.15) is 5.82 Å². The molecule has 1 aromatic carbocycles. The smallest absolute Gasteiger partial charge is 0.315 e. The molecule has 0 bridgehead atoms. The summed E-state index contributed by atoms with van der Waals surface area (Å²) in [4.78, 5) is 21.7. The van der Waals surface area contributed by atoms with Gasteiger partial charge in [-0.1, -0.05) is 12.1 Å². The van der Waals surface area contributed by atoms with Gasteiger partial charge in [0, 0.05) is 18.5 Å². The first-order valence-corrected chi connectivity index (χ1v) is 6.08. The molecule has 102 valence electrons. The van der Waals surface area contributed by atoms with Gasteiger partial charge in [0.05, 0.1) is 6.42 Å². The summed E-state index contributed by atoms with van der Waals surface area (Å²) in [7, 11) is 0. The lowest BCUT2D eigenvalue weighted by atomic mass is 10.1. The second-order valence-corrected chi connectivity index (χ2v) is 4.54. The minimum Gasteiger partial charge on any atom is -0.481 e. The summed E-state index contributed by atoms with van der Waals surface area (Å²) in [5.41, 5.74) is 0.997. The monoisotopic (exact) mass is 266 g/mol. The van der Waals surface area contributed by atoms with Gasteiger partial charge >= 0.3 is 12.0 Å². The molecule has 0 spiro atoms. The van der Waals surface area contributed by atoms with E-state index in [4.69, 9.17) is 5.11 Å². The molecule has 2 amide bonds. The summed E-state index contributed by atoms with van der Waals surface area (Å²) in [6.45, 7) is 0.106. The summed E-state index contributed by atoms with van der Waals surface area (Å²) in [6, 6.07) is 5.90. The molecule has 5 nitrogen and oxygen atoms in total.